The molecular formula is C15H16FNO. The molecular weight excluding hydrogens is 229 g/mol. The fourth-order valence-electron chi connectivity index (χ4n) is 1.92. The molecule has 0 amide bonds. The number of halogens is 1. The smallest absolute Gasteiger partial charge is 0.123 e. The highest BCUT2D eigenvalue weighted by Gasteiger charge is 2.23. The van der Waals surface area contributed by atoms with Gasteiger partial charge < -0.3 is 10.5 Å². The summed E-state index contributed by atoms with van der Waals surface area (Å²) in [6, 6.07) is 13.8. The average Bonchev–Trinajstić information content (AvgIpc) is 2.39. The molecule has 0 heterocycles. The van der Waals surface area contributed by atoms with Gasteiger partial charge in [-0.25, -0.2) is 4.39 Å². The van der Waals surface area contributed by atoms with Crippen LogP contribution in [0, 0.1) is 5.82 Å². The van der Waals surface area contributed by atoms with Gasteiger partial charge in [-0.05, 0) is 42.3 Å². The van der Waals surface area contributed by atoms with Crippen molar-refractivity contribution in [3.8, 4) is 5.75 Å². The van der Waals surface area contributed by atoms with Crippen molar-refractivity contribution in [3.63, 3.8) is 0 Å². The van der Waals surface area contributed by atoms with Crippen LogP contribution in [0.25, 0.3) is 0 Å². The third-order valence-corrected chi connectivity index (χ3v) is 3.11. The van der Waals surface area contributed by atoms with Gasteiger partial charge in [-0.1, -0.05) is 24.3 Å². The van der Waals surface area contributed by atoms with Crippen molar-refractivity contribution in [1.82, 2.24) is 0 Å². The monoisotopic (exact) mass is 245 g/mol. The largest absolute Gasteiger partial charge is 0.497 e. The third kappa shape index (κ3) is 2.36. The van der Waals surface area contributed by atoms with Gasteiger partial charge in [-0.15, -0.1) is 0 Å². The highest BCUT2D eigenvalue weighted by Crippen LogP contribution is 2.28. The SMILES string of the molecule is COc1ccc(C(C)(N)c2cccc(F)c2)cc1. The summed E-state index contributed by atoms with van der Waals surface area (Å²) >= 11 is 0. The fourth-order valence-corrected chi connectivity index (χ4v) is 1.92. The molecule has 0 saturated carbocycles. The van der Waals surface area contributed by atoms with E-state index >= 15 is 0 Å². The van der Waals surface area contributed by atoms with Crippen molar-refractivity contribution in [1.29, 1.82) is 0 Å². The molecule has 0 aliphatic carbocycles. The van der Waals surface area contributed by atoms with E-state index in [9.17, 15) is 4.39 Å². The minimum atomic E-state index is -0.728. The van der Waals surface area contributed by atoms with Gasteiger partial charge in [-0.2, -0.15) is 0 Å². The van der Waals surface area contributed by atoms with Crippen LogP contribution in [0.15, 0.2) is 48.5 Å². The molecule has 0 fully saturated rings. The lowest BCUT2D eigenvalue weighted by molar-refractivity contribution is 0.414. The van der Waals surface area contributed by atoms with E-state index in [0.29, 0.717) is 0 Å². The van der Waals surface area contributed by atoms with E-state index in [0.717, 1.165) is 16.9 Å². The summed E-state index contributed by atoms with van der Waals surface area (Å²) in [6.45, 7) is 1.86. The Morgan fingerprint density at radius 3 is 2.28 bits per heavy atom. The van der Waals surface area contributed by atoms with Gasteiger partial charge in [0, 0.05) is 0 Å². The van der Waals surface area contributed by atoms with Crippen LogP contribution >= 0.6 is 0 Å². The quantitative estimate of drug-likeness (QED) is 0.902. The molecule has 2 aromatic carbocycles. The van der Waals surface area contributed by atoms with Gasteiger partial charge in [0.1, 0.15) is 11.6 Å². The van der Waals surface area contributed by atoms with E-state index in [1.807, 2.05) is 37.3 Å². The summed E-state index contributed by atoms with van der Waals surface area (Å²) < 4.78 is 18.4. The number of benzene rings is 2. The highest BCUT2D eigenvalue weighted by atomic mass is 19.1. The summed E-state index contributed by atoms with van der Waals surface area (Å²) in [7, 11) is 1.61. The van der Waals surface area contributed by atoms with Gasteiger partial charge in [-0.3, -0.25) is 0 Å². The zero-order chi connectivity index (χ0) is 13.2. The minimum Gasteiger partial charge on any atom is -0.497 e. The first kappa shape index (κ1) is 12.6. The zero-order valence-electron chi connectivity index (χ0n) is 10.5. The predicted octanol–water partition coefficient (Wildman–Crippen LogP) is 3.06. The zero-order valence-corrected chi connectivity index (χ0v) is 10.5. The van der Waals surface area contributed by atoms with Crippen molar-refractivity contribution in [2.24, 2.45) is 5.73 Å². The molecule has 0 aliphatic heterocycles. The number of hydrogen-bond donors (Lipinski definition) is 1. The minimum absolute atomic E-state index is 0.280. The van der Waals surface area contributed by atoms with Crippen LogP contribution in [0.5, 0.6) is 5.75 Å². The summed E-state index contributed by atoms with van der Waals surface area (Å²) in [6.07, 6.45) is 0. The van der Waals surface area contributed by atoms with Crippen LogP contribution in [-0.2, 0) is 5.54 Å². The van der Waals surface area contributed by atoms with Crippen molar-refractivity contribution in [3.05, 3.63) is 65.5 Å². The topological polar surface area (TPSA) is 35.2 Å². The Labute approximate surface area is 106 Å². The molecule has 2 N–H and O–H groups in total. The maximum absolute atomic E-state index is 13.3. The van der Waals surface area contributed by atoms with Gasteiger partial charge in [0.05, 0.1) is 12.6 Å². The lowest BCUT2D eigenvalue weighted by Crippen LogP contribution is -2.34. The summed E-state index contributed by atoms with van der Waals surface area (Å²) in [4.78, 5) is 0. The molecule has 94 valence electrons. The molecule has 0 aliphatic rings. The highest BCUT2D eigenvalue weighted by molar-refractivity contribution is 5.39. The Bertz CT molecular complexity index is 534. The van der Waals surface area contributed by atoms with E-state index in [2.05, 4.69) is 0 Å². The number of hydrogen-bond acceptors (Lipinski definition) is 2. The van der Waals surface area contributed by atoms with Gasteiger partial charge in [0.2, 0.25) is 0 Å². The Hall–Kier alpha value is -1.87. The Morgan fingerprint density at radius 2 is 1.72 bits per heavy atom. The van der Waals surface area contributed by atoms with E-state index in [4.69, 9.17) is 10.5 Å². The molecule has 18 heavy (non-hydrogen) atoms. The van der Waals surface area contributed by atoms with E-state index in [1.165, 1.54) is 12.1 Å². The predicted molar refractivity (Wildman–Crippen MR) is 70.0 cm³/mol. The number of ether oxygens (including phenoxy) is 1. The maximum atomic E-state index is 13.3. The van der Waals surface area contributed by atoms with Gasteiger partial charge in [0.25, 0.3) is 0 Å². The molecule has 2 aromatic rings. The summed E-state index contributed by atoms with van der Waals surface area (Å²) in [5.74, 6) is 0.492. The molecule has 2 rings (SSSR count). The first-order chi connectivity index (χ1) is 8.54. The second kappa shape index (κ2) is 4.78. The van der Waals surface area contributed by atoms with E-state index in [1.54, 1.807) is 13.2 Å². The molecule has 0 bridgehead atoms. The van der Waals surface area contributed by atoms with Gasteiger partial charge >= 0.3 is 0 Å². The molecule has 0 saturated heterocycles. The van der Waals surface area contributed by atoms with Crippen LogP contribution in [0.4, 0.5) is 4.39 Å². The van der Waals surface area contributed by atoms with Crippen LogP contribution in [-0.4, -0.2) is 7.11 Å². The molecule has 1 unspecified atom stereocenters. The lowest BCUT2D eigenvalue weighted by Gasteiger charge is -2.26. The number of nitrogens with two attached hydrogens (primary N) is 1. The van der Waals surface area contributed by atoms with Crippen molar-refractivity contribution >= 4 is 0 Å². The molecule has 0 spiro atoms. The molecule has 0 aromatic heterocycles. The standard InChI is InChI=1S/C15H16FNO/c1-15(17,12-4-3-5-13(16)10-12)11-6-8-14(18-2)9-7-11/h3-10H,17H2,1-2H3. The normalized spacial score (nSPS) is 14.0. The van der Waals surface area contributed by atoms with Crippen molar-refractivity contribution in [2.45, 2.75) is 12.5 Å². The van der Waals surface area contributed by atoms with Crippen LogP contribution in [0.2, 0.25) is 0 Å². The lowest BCUT2D eigenvalue weighted by atomic mass is 9.86. The summed E-state index contributed by atoms with van der Waals surface area (Å²) in [5.41, 5.74) is 7.24. The van der Waals surface area contributed by atoms with Crippen molar-refractivity contribution < 1.29 is 9.13 Å². The maximum Gasteiger partial charge on any atom is 0.123 e. The first-order valence-corrected chi connectivity index (χ1v) is 5.73. The van der Waals surface area contributed by atoms with Crippen LogP contribution < -0.4 is 10.5 Å². The summed E-state index contributed by atoms with van der Waals surface area (Å²) in [5, 5.41) is 0. The second-order valence-corrected chi connectivity index (χ2v) is 4.44. The third-order valence-electron chi connectivity index (χ3n) is 3.11. The number of rotatable bonds is 3. The van der Waals surface area contributed by atoms with Crippen molar-refractivity contribution in [2.75, 3.05) is 7.11 Å². The Balaban J connectivity index is 2.40. The van der Waals surface area contributed by atoms with Crippen LogP contribution in [0.1, 0.15) is 18.1 Å². The second-order valence-electron chi connectivity index (χ2n) is 4.44. The molecule has 2 nitrogen and oxygen atoms in total. The molecule has 3 heteroatoms. The first-order valence-electron chi connectivity index (χ1n) is 5.73. The Morgan fingerprint density at radius 1 is 1.06 bits per heavy atom. The number of methoxy groups -OCH3 is 1. The van der Waals surface area contributed by atoms with Crippen LogP contribution in [0.3, 0.4) is 0 Å². The fraction of sp³-hybridized carbons (Fsp3) is 0.200. The Kier molecular flexibility index (Phi) is 3.34. The molecule has 1 atom stereocenters. The van der Waals surface area contributed by atoms with E-state index < -0.39 is 5.54 Å². The van der Waals surface area contributed by atoms with Gasteiger partial charge in [0.15, 0.2) is 0 Å². The van der Waals surface area contributed by atoms with E-state index in [-0.39, 0.29) is 5.82 Å². The average molecular weight is 245 g/mol. The molecule has 0 radical (unpaired) electrons.